The second-order valence-corrected chi connectivity index (χ2v) is 8.37. The molecule has 1 aliphatic heterocycles. The number of carbonyl (C=O) groups is 1. The number of carbonyl (C=O) groups excluding carboxylic acids is 1. The molecule has 1 N–H and O–H groups in total. The third kappa shape index (κ3) is 4.98. The molecule has 26 heavy (non-hydrogen) atoms. The van der Waals surface area contributed by atoms with Crippen LogP contribution < -0.4 is 5.32 Å². The number of piperidine rings is 1. The van der Waals surface area contributed by atoms with Crippen molar-refractivity contribution in [3.05, 3.63) is 29.8 Å². The Morgan fingerprint density at radius 1 is 1.15 bits per heavy atom. The quantitative estimate of drug-likeness (QED) is 0.566. The number of nitrogens with zero attached hydrogens (tertiary/aromatic N) is 1. The van der Waals surface area contributed by atoms with Crippen molar-refractivity contribution in [2.24, 2.45) is 0 Å². The predicted molar refractivity (Wildman–Crippen MR) is 105 cm³/mol. The molecule has 1 fully saturated rings. The number of anilines is 1. The molecule has 0 spiro atoms. The molecule has 0 aromatic heterocycles. The van der Waals surface area contributed by atoms with Crippen molar-refractivity contribution >= 4 is 11.7 Å². The van der Waals surface area contributed by atoms with Crippen LogP contribution in [0.25, 0.3) is 0 Å². The Balaban J connectivity index is 2.04. The molecule has 1 aromatic carbocycles. The topological polar surface area (TPSA) is 50.8 Å². The van der Waals surface area contributed by atoms with Gasteiger partial charge >= 0.3 is 5.97 Å². The van der Waals surface area contributed by atoms with Crippen molar-refractivity contribution in [2.75, 3.05) is 19.0 Å². The molecule has 0 unspecified atom stereocenters. The average molecular weight is 363 g/mol. The van der Waals surface area contributed by atoms with Crippen LogP contribution in [0.4, 0.5) is 5.69 Å². The number of benzene rings is 1. The highest BCUT2D eigenvalue weighted by Gasteiger charge is 2.47. The van der Waals surface area contributed by atoms with Gasteiger partial charge in [-0.2, -0.15) is 5.06 Å². The van der Waals surface area contributed by atoms with Crippen LogP contribution in [0, 0.1) is 0 Å². The van der Waals surface area contributed by atoms with Crippen LogP contribution in [-0.2, 0) is 9.57 Å². The maximum atomic E-state index is 12.5. The molecule has 0 radical (unpaired) electrons. The summed E-state index contributed by atoms with van der Waals surface area (Å²) in [5.74, 6) is -0.260. The molecule has 0 bridgehead atoms. The molecule has 0 atom stereocenters. The number of rotatable bonds is 7. The molecule has 1 aliphatic rings. The smallest absolute Gasteiger partial charge is 0.338 e. The minimum absolute atomic E-state index is 0.123. The molecule has 0 aliphatic carbocycles. The lowest BCUT2D eigenvalue weighted by molar-refractivity contribution is -0.292. The SMILES string of the molecule is CCCCON1C(C)(C)CC(OC(=O)c2ccc(NC)cc2)CC1(C)C. The number of hydrogen-bond acceptors (Lipinski definition) is 5. The van der Waals surface area contributed by atoms with Crippen LogP contribution in [0.2, 0.25) is 0 Å². The lowest BCUT2D eigenvalue weighted by Crippen LogP contribution is -2.62. The minimum atomic E-state index is -0.260. The summed E-state index contributed by atoms with van der Waals surface area (Å²) in [6.45, 7) is 11.5. The van der Waals surface area contributed by atoms with Gasteiger partial charge in [0.1, 0.15) is 6.10 Å². The highest BCUT2D eigenvalue weighted by Crippen LogP contribution is 2.40. The van der Waals surface area contributed by atoms with Gasteiger partial charge in [0, 0.05) is 36.7 Å². The van der Waals surface area contributed by atoms with Gasteiger partial charge in [0.25, 0.3) is 0 Å². The van der Waals surface area contributed by atoms with Crippen LogP contribution >= 0.6 is 0 Å². The van der Waals surface area contributed by atoms with E-state index in [1.165, 1.54) is 0 Å². The summed E-state index contributed by atoms with van der Waals surface area (Å²) in [4.78, 5) is 18.6. The first-order valence-corrected chi connectivity index (χ1v) is 9.61. The van der Waals surface area contributed by atoms with Gasteiger partial charge in [-0.05, 0) is 58.4 Å². The molecule has 5 nitrogen and oxygen atoms in total. The summed E-state index contributed by atoms with van der Waals surface area (Å²) in [6, 6.07) is 7.37. The standard InChI is InChI=1S/C21H34N2O3/c1-7-8-13-25-23-20(2,3)14-18(15-21(23,4)5)26-19(24)16-9-11-17(22-6)12-10-16/h9-12,18,22H,7-8,13-15H2,1-6H3. The van der Waals surface area contributed by atoms with E-state index in [4.69, 9.17) is 9.57 Å². The van der Waals surface area contributed by atoms with Crippen LogP contribution in [0.5, 0.6) is 0 Å². The lowest BCUT2D eigenvalue weighted by Gasteiger charge is -2.53. The summed E-state index contributed by atoms with van der Waals surface area (Å²) in [5, 5.41) is 5.16. The lowest BCUT2D eigenvalue weighted by atomic mass is 9.80. The maximum Gasteiger partial charge on any atom is 0.338 e. The minimum Gasteiger partial charge on any atom is -0.459 e. The Morgan fingerprint density at radius 2 is 1.73 bits per heavy atom. The van der Waals surface area contributed by atoms with Crippen molar-refractivity contribution in [1.29, 1.82) is 0 Å². The van der Waals surface area contributed by atoms with Crippen LogP contribution in [0.3, 0.4) is 0 Å². The largest absolute Gasteiger partial charge is 0.459 e. The van der Waals surface area contributed by atoms with Crippen molar-refractivity contribution in [1.82, 2.24) is 5.06 Å². The number of ether oxygens (including phenoxy) is 1. The van der Waals surface area contributed by atoms with Crippen molar-refractivity contribution < 1.29 is 14.4 Å². The van der Waals surface area contributed by atoms with Gasteiger partial charge in [-0.1, -0.05) is 13.3 Å². The summed E-state index contributed by atoms with van der Waals surface area (Å²) in [5.41, 5.74) is 1.16. The molecule has 1 saturated heterocycles. The number of unbranched alkanes of at least 4 members (excludes halogenated alkanes) is 1. The summed E-state index contributed by atoms with van der Waals surface area (Å²) >= 11 is 0. The van der Waals surface area contributed by atoms with Crippen LogP contribution in [0.1, 0.15) is 70.7 Å². The summed E-state index contributed by atoms with van der Waals surface area (Å²) in [7, 11) is 1.86. The van der Waals surface area contributed by atoms with Crippen molar-refractivity contribution in [3.63, 3.8) is 0 Å². The Morgan fingerprint density at radius 3 is 2.23 bits per heavy atom. The van der Waals surface area contributed by atoms with E-state index in [0.717, 1.165) is 38.0 Å². The zero-order chi connectivity index (χ0) is 19.4. The van der Waals surface area contributed by atoms with Crippen molar-refractivity contribution in [3.8, 4) is 0 Å². The molecule has 2 rings (SSSR count). The fourth-order valence-corrected chi connectivity index (χ4v) is 3.90. The Kier molecular flexibility index (Phi) is 6.69. The number of esters is 1. The molecule has 146 valence electrons. The normalized spacial score (nSPS) is 19.9. The molecule has 0 saturated carbocycles. The first-order valence-electron chi connectivity index (χ1n) is 9.61. The van der Waals surface area contributed by atoms with E-state index in [2.05, 4.69) is 45.0 Å². The Bertz CT molecular complexity index is 578. The van der Waals surface area contributed by atoms with E-state index in [9.17, 15) is 4.79 Å². The fraction of sp³-hybridized carbons (Fsp3) is 0.667. The monoisotopic (exact) mass is 362 g/mol. The van der Waals surface area contributed by atoms with E-state index in [1.807, 2.05) is 19.2 Å². The molecule has 5 heteroatoms. The van der Waals surface area contributed by atoms with Gasteiger partial charge in [0.15, 0.2) is 0 Å². The molecule has 1 heterocycles. The van der Waals surface area contributed by atoms with Gasteiger partial charge in [-0.15, -0.1) is 0 Å². The fourth-order valence-electron chi connectivity index (χ4n) is 3.90. The van der Waals surface area contributed by atoms with Crippen LogP contribution in [0.15, 0.2) is 24.3 Å². The van der Waals surface area contributed by atoms with Crippen molar-refractivity contribution in [2.45, 2.75) is 77.5 Å². The molecule has 0 amide bonds. The zero-order valence-corrected chi connectivity index (χ0v) is 17.1. The van der Waals surface area contributed by atoms with E-state index in [1.54, 1.807) is 12.1 Å². The first kappa shape index (κ1) is 20.7. The van der Waals surface area contributed by atoms with E-state index in [0.29, 0.717) is 5.56 Å². The van der Waals surface area contributed by atoms with Crippen LogP contribution in [-0.4, -0.2) is 41.9 Å². The molecular weight excluding hydrogens is 328 g/mol. The van der Waals surface area contributed by atoms with Gasteiger partial charge in [-0.3, -0.25) is 4.84 Å². The second kappa shape index (κ2) is 8.40. The maximum absolute atomic E-state index is 12.5. The highest BCUT2D eigenvalue weighted by molar-refractivity contribution is 5.89. The first-order chi connectivity index (χ1) is 12.2. The molecule has 1 aromatic rings. The number of hydrogen-bond donors (Lipinski definition) is 1. The van der Waals surface area contributed by atoms with Gasteiger partial charge in [-0.25, -0.2) is 4.79 Å². The third-order valence-corrected chi connectivity index (χ3v) is 4.96. The Hall–Kier alpha value is -1.59. The number of hydroxylamine groups is 2. The van der Waals surface area contributed by atoms with E-state index < -0.39 is 0 Å². The summed E-state index contributed by atoms with van der Waals surface area (Å²) in [6.07, 6.45) is 3.54. The highest BCUT2D eigenvalue weighted by atomic mass is 16.7. The number of nitrogens with one attached hydrogen (secondary N) is 1. The van der Waals surface area contributed by atoms with Gasteiger partial charge in [0.05, 0.1) is 12.2 Å². The van der Waals surface area contributed by atoms with E-state index in [-0.39, 0.29) is 23.2 Å². The second-order valence-electron chi connectivity index (χ2n) is 8.37. The predicted octanol–water partition coefficient (Wildman–Crippen LogP) is 4.64. The van der Waals surface area contributed by atoms with Gasteiger partial charge < -0.3 is 10.1 Å². The van der Waals surface area contributed by atoms with Gasteiger partial charge in [0.2, 0.25) is 0 Å². The third-order valence-electron chi connectivity index (χ3n) is 4.96. The average Bonchev–Trinajstić information content (AvgIpc) is 2.56. The summed E-state index contributed by atoms with van der Waals surface area (Å²) < 4.78 is 5.85. The molecular formula is C21H34N2O3. The Labute approximate surface area is 158 Å². The zero-order valence-electron chi connectivity index (χ0n) is 17.1. The van der Waals surface area contributed by atoms with E-state index >= 15 is 0 Å².